The summed E-state index contributed by atoms with van der Waals surface area (Å²) in [5, 5.41) is 4.13. The molecule has 1 aromatic heterocycles. The molecule has 0 aliphatic carbocycles. The number of hydrogen-bond donors (Lipinski definition) is 1. The molecule has 1 saturated heterocycles. The number of rotatable bonds is 3. The van der Waals surface area contributed by atoms with Gasteiger partial charge in [0.25, 0.3) is 5.91 Å². The van der Waals surface area contributed by atoms with Gasteiger partial charge >= 0.3 is 0 Å². The second-order valence-electron chi connectivity index (χ2n) is 5.46. The van der Waals surface area contributed by atoms with E-state index >= 15 is 0 Å². The van der Waals surface area contributed by atoms with Gasteiger partial charge in [-0.25, -0.2) is 4.98 Å². The SMILES string of the molecule is Cl.Cl.Nc1ccccc1C(=O)N1CCCC(Cn2cncn2)C1. The summed E-state index contributed by atoms with van der Waals surface area (Å²) in [5.74, 6) is 0.436. The van der Waals surface area contributed by atoms with Crippen LogP contribution in [0.4, 0.5) is 5.69 Å². The molecule has 0 bridgehead atoms. The van der Waals surface area contributed by atoms with Crippen molar-refractivity contribution in [2.75, 3.05) is 18.8 Å². The summed E-state index contributed by atoms with van der Waals surface area (Å²) in [6, 6.07) is 7.25. The Bertz CT molecular complexity index is 620. The number of anilines is 1. The lowest BCUT2D eigenvalue weighted by Gasteiger charge is -2.33. The molecule has 1 aliphatic rings. The molecule has 126 valence electrons. The Hall–Kier alpha value is -1.79. The van der Waals surface area contributed by atoms with Gasteiger partial charge in [-0.15, -0.1) is 24.8 Å². The topological polar surface area (TPSA) is 77.0 Å². The van der Waals surface area contributed by atoms with Crippen molar-refractivity contribution in [3.8, 4) is 0 Å². The minimum atomic E-state index is 0. The molecule has 23 heavy (non-hydrogen) atoms. The quantitative estimate of drug-likeness (QED) is 0.854. The van der Waals surface area contributed by atoms with E-state index in [1.807, 2.05) is 21.7 Å². The van der Waals surface area contributed by atoms with E-state index in [0.29, 0.717) is 17.2 Å². The van der Waals surface area contributed by atoms with Crippen LogP contribution in [-0.4, -0.2) is 38.7 Å². The van der Waals surface area contributed by atoms with E-state index in [2.05, 4.69) is 10.1 Å². The molecule has 6 nitrogen and oxygen atoms in total. The highest BCUT2D eigenvalue weighted by Crippen LogP contribution is 2.21. The Morgan fingerprint density at radius 1 is 1.30 bits per heavy atom. The zero-order valence-electron chi connectivity index (χ0n) is 12.7. The highest BCUT2D eigenvalue weighted by molar-refractivity contribution is 5.99. The number of carbonyl (C=O) groups is 1. The second-order valence-corrected chi connectivity index (χ2v) is 5.46. The molecular formula is C15H21Cl2N5O. The number of carbonyl (C=O) groups excluding carboxylic acids is 1. The summed E-state index contributed by atoms with van der Waals surface area (Å²) in [6.07, 6.45) is 5.37. The van der Waals surface area contributed by atoms with Crippen LogP contribution in [0.25, 0.3) is 0 Å². The minimum absolute atomic E-state index is 0. The molecule has 1 atom stereocenters. The fraction of sp³-hybridized carbons (Fsp3) is 0.400. The van der Waals surface area contributed by atoms with Crippen LogP contribution in [0.2, 0.25) is 0 Å². The lowest BCUT2D eigenvalue weighted by Crippen LogP contribution is -2.41. The first-order chi connectivity index (χ1) is 10.2. The van der Waals surface area contributed by atoms with Crippen molar-refractivity contribution in [2.45, 2.75) is 19.4 Å². The van der Waals surface area contributed by atoms with Crippen molar-refractivity contribution in [3.63, 3.8) is 0 Å². The normalized spacial score (nSPS) is 17.0. The van der Waals surface area contributed by atoms with Crippen LogP contribution in [0.1, 0.15) is 23.2 Å². The fourth-order valence-corrected chi connectivity index (χ4v) is 2.85. The van der Waals surface area contributed by atoms with E-state index < -0.39 is 0 Å². The van der Waals surface area contributed by atoms with Crippen molar-refractivity contribution < 1.29 is 4.79 Å². The summed E-state index contributed by atoms with van der Waals surface area (Å²) in [7, 11) is 0. The average Bonchev–Trinajstić information content (AvgIpc) is 3.00. The third kappa shape index (κ3) is 4.59. The first kappa shape index (κ1) is 19.3. The van der Waals surface area contributed by atoms with Gasteiger partial charge in [-0.3, -0.25) is 9.48 Å². The molecule has 1 amide bonds. The first-order valence-corrected chi connectivity index (χ1v) is 7.20. The number of hydrogen-bond acceptors (Lipinski definition) is 4. The summed E-state index contributed by atoms with van der Waals surface area (Å²) >= 11 is 0. The Morgan fingerprint density at radius 2 is 2.09 bits per heavy atom. The number of nitrogen functional groups attached to an aromatic ring is 1. The molecule has 1 fully saturated rings. The molecule has 3 rings (SSSR count). The van der Waals surface area contributed by atoms with E-state index in [1.54, 1.807) is 18.5 Å². The van der Waals surface area contributed by atoms with E-state index in [-0.39, 0.29) is 30.7 Å². The van der Waals surface area contributed by atoms with Crippen LogP contribution in [0.3, 0.4) is 0 Å². The molecule has 0 radical (unpaired) electrons. The lowest BCUT2D eigenvalue weighted by molar-refractivity contribution is 0.0660. The first-order valence-electron chi connectivity index (χ1n) is 7.20. The van der Waals surface area contributed by atoms with Crippen molar-refractivity contribution in [2.24, 2.45) is 5.92 Å². The number of nitrogens with two attached hydrogens (primary N) is 1. The van der Waals surface area contributed by atoms with E-state index in [1.165, 1.54) is 6.33 Å². The maximum Gasteiger partial charge on any atom is 0.255 e. The molecule has 1 aliphatic heterocycles. The molecule has 1 unspecified atom stereocenters. The number of aromatic nitrogens is 3. The van der Waals surface area contributed by atoms with Crippen molar-refractivity contribution in [1.29, 1.82) is 0 Å². The monoisotopic (exact) mass is 357 g/mol. The zero-order chi connectivity index (χ0) is 14.7. The highest BCUT2D eigenvalue weighted by Gasteiger charge is 2.25. The van der Waals surface area contributed by atoms with Crippen molar-refractivity contribution in [3.05, 3.63) is 42.5 Å². The van der Waals surface area contributed by atoms with Gasteiger partial charge in [0.15, 0.2) is 0 Å². The van der Waals surface area contributed by atoms with Gasteiger partial charge < -0.3 is 10.6 Å². The molecule has 2 N–H and O–H groups in total. The van der Waals surface area contributed by atoms with Crippen LogP contribution < -0.4 is 5.73 Å². The molecule has 2 heterocycles. The third-order valence-electron chi connectivity index (χ3n) is 3.91. The van der Waals surface area contributed by atoms with Gasteiger partial charge in [-0.05, 0) is 30.9 Å². The van der Waals surface area contributed by atoms with E-state index in [4.69, 9.17) is 5.73 Å². The number of likely N-dealkylation sites (tertiary alicyclic amines) is 1. The summed E-state index contributed by atoms with van der Waals surface area (Å²) < 4.78 is 1.83. The van der Waals surface area contributed by atoms with E-state index in [0.717, 1.165) is 32.5 Å². The number of nitrogens with zero attached hydrogens (tertiary/aromatic N) is 4. The van der Waals surface area contributed by atoms with Crippen molar-refractivity contribution >= 4 is 36.4 Å². The molecule has 2 aromatic rings. The Morgan fingerprint density at radius 3 is 2.78 bits per heavy atom. The van der Waals surface area contributed by atoms with Crippen LogP contribution in [0.15, 0.2) is 36.9 Å². The number of para-hydroxylation sites is 1. The van der Waals surface area contributed by atoms with Crippen LogP contribution in [-0.2, 0) is 6.54 Å². The molecule has 0 saturated carbocycles. The summed E-state index contributed by atoms with van der Waals surface area (Å²) in [6.45, 7) is 2.34. The second kappa shape index (κ2) is 8.74. The average molecular weight is 358 g/mol. The predicted octanol–water partition coefficient (Wildman–Crippen LogP) is 2.26. The van der Waals surface area contributed by atoms with Crippen LogP contribution >= 0.6 is 24.8 Å². The van der Waals surface area contributed by atoms with Crippen LogP contribution in [0.5, 0.6) is 0 Å². The molecular weight excluding hydrogens is 337 g/mol. The van der Waals surface area contributed by atoms with Gasteiger partial charge in [0.2, 0.25) is 0 Å². The molecule has 1 aromatic carbocycles. The standard InChI is InChI=1S/C15H19N5O.2ClH/c16-14-6-2-1-5-13(14)15(21)19-7-3-4-12(8-19)9-20-11-17-10-18-20;;/h1-2,5-6,10-12H,3-4,7-9,16H2;2*1H. The molecule has 0 spiro atoms. The van der Waals surface area contributed by atoms with Gasteiger partial charge in [0, 0.05) is 25.3 Å². The Labute approximate surface area is 147 Å². The predicted molar refractivity (Wildman–Crippen MR) is 94.0 cm³/mol. The number of halogens is 2. The van der Waals surface area contributed by atoms with Gasteiger partial charge in [0.1, 0.15) is 12.7 Å². The van der Waals surface area contributed by atoms with Gasteiger partial charge in [0.05, 0.1) is 5.56 Å². The Balaban J connectivity index is 0.00000132. The fourth-order valence-electron chi connectivity index (χ4n) is 2.85. The van der Waals surface area contributed by atoms with Gasteiger partial charge in [-0.1, -0.05) is 12.1 Å². The zero-order valence-corrected chi connectivity index (χ0v) is 14.3. The van der Waals surface area contributed by atoms with Crippen LogP contribution in [0, 0.1) is 5.92 Å². The minimum Gasteiger partial charge on any atom is -0.398 e. The highest BCUT2D eigenvalue weighted by atomic mass is 35.5. The maximum absolute atomic E-state index is 12.6. The molecule has 8 heteroatoms. The summed E-state index contributed by atoms with van der Waals surface area (Å²) in [5.41, 5.74) is 7.04. The smallest absolute Gasteiger partial charge is 0.255 e. The van der Waals surface area contributed by atoms with E-state index in [9.17, 15) is 4.79 Å². The van der Waals surface area contributed by atoms with Gasteiger partial charge in [-0.2, -0.15) is 5.10 Å². The number of benzene rings is 1. The lowest BCUT2D eigenvalue weighted by atomic mass is 9.97. The third-order valence-corrected chi connectivity index (χ3v) is 3.91. The number of piperidine rings is 1. The van der Waals surface area contributed by atoms with Crippen molar-refractivity contribution in [1.82, 2.24) is 19.7 Å². The Kier molecular flexibility index (Phi) is 7.32. The maximum atomic E-state index is 12.6. The largest absolute Gasteiger partial charge is 0.398 e. The summed E-state index contributed by atoms with van der Waals surface area (Å²) in [4.78, 5) is 18.4. The number of amides is 1.